The third-order valence-electron chi connectivity index (χ3n) is 3.15. The van der Waals surface area contributed by atoms with Crippen molar-refractivity contribution >= 4 is 5.97 Å². The van der Waals surface area contributed by atoms with E-state index in [1.807, 2.05) is 13.8 Å². The van der Waals surface area contributed by atoms with Crippen LogP contribution >= 0.6 is 0 Å². The Morgan fingerprint density at radius 1 is 1.53 bits per heavy atom. The van der Waals surface area contributed by atoms with Crippen molar-refractivity contribution in [1.82, 2.24) is 5.32 Å². The van der Waals surface area contributed by atoms with E-state index in [9.17, 15) is 4.79 Å². The van der Waals surface area contributed by atoms with E-state index in [1.165, 1.54) is 12.8 Å². The van der Waals surface area contributed by atoms with Gasteiger partial charge in [0.2, 0.25) is 0 Å². The van der Waals surface area contributed by atoms with Gasteiger partial charge in [-0.3, -0.25) is 4.79 Å². The number of esters is 1. The van der Waals surface area contributed by atoms with Crippen LogP contribution in [0.15, 0.2) is 0 Å². The highest BCUT2D eigenvalue weighted by molar-refractivity contribution is 5.72. The molecular weight excluding hydrogens is 190 g/mol. The minimum absolute atomic E-state index is 0.0528. The van der Waals surface area contributed by atoms with Crippen LogP contribution in [0.1, 0.15) is 40.5 Å². The number of rotatable bonds is 6. The van der Waals surface area contributed by atoms with Gasteiger partial charge in [-0.25, -0.2) is 0 Å². The van der Waals surface area contributed by atoms with Gasteiger partial charge in [0.1, 0.15) is 0 Å². The number of carbonyl (C=O) groups excluding carboxylic acids is 1. The van der Waals surface area contributed by atoms with E-state index < -0.39 is 0 Å². The Bertz CT molecular complexity index is 222. The summed E-state index contributed by atoms with van der Waals surface area (Å²) in [7, 11) is 0. The summed E-state index contributed by atoms with van der Waals surface area (Å²) in [5.74, 6) is 0.631. The van der Waals surface area contributed by atoms with Crippen molar-refractivity contribution in [2.45, 2.75) is 46.1 Å². The first-order chi connectivity index (χ1) is 6.97. The van der Waals surface area contributed by atoms with Gasteiger partial charge < -0.3 is 10.1 Å². The Kier molecular flexibility index (Phi) is 4.14. The number of hydrogen-bond donors (Lipinski definition) is 1. The Balaban J connectivity index is 2.26. The Morgan fingerprint density at radius 3 is 2.60 bits per heavy atom. The molecule has 1 rings (SSSR count). The molecule has 3 nitrogen and oxygen atoms in total. The molecule has 1 aliphatic carbocycles. The molecule has 3 heteroatoms. The highest BCUT2D eigenvalue weighted by Crippen LogP contribution is 2.39. The van der Waals surface area contributed by atoms with Crippen LogP contribution in [0.3, 0.4) is 0 Å². The lowest BCUT2D eigenvalue weighted by atomic mass is 9.98. The van der Waals surface area contributed by atoms with E-state index in [2.05, 4.69) is 19.2 Å². The number of ether oxygens (including phenoxy) is 1. The average molecular weight is 213 g/mol. The lowest BCUT2D eigenvalue weighted by Crippen LogP contribution is -2.44. The van der Waals surface area contributed by atoms with Crippen LogP contribution in [0.5, 0.6) is 0 Å². The molecule has 0 spiro atoms. The molecular formula is C12H23NO2. The maximum absolute atomic E-state index is 11.4. The fourth-order valence-corrected chi connectivity index (χ4v) is 1.73. The highest BCUT2D eigenvalue weighted by atomic mass is 16.5. The second kappa shape index (κ2) is 4.97. The normalized spacial score (nSPS) is 18.7. The van der Waals surface area contributed by atoms with Crippen molar-refractivity contribution in [3.8, 4) is 0 Å². The second-order valence-corrected chi connectivity index (χ2v) is 5.03. The van der Waals surface area contributed by atoms with Gasteiger partial charge in [0.25, 0.3) is 0 Å². The average Bonchev–Trinajstić information content (AvgIpc) is 2.97. The van der Waals surface area contributed by atoms with Gasteiger partial charge in [0.15, 0.2) is 0 Å². The molecule has 1 aliphatic rings. The quantitative estimate of drug-likeness (QED) is 0.685. The fraction of sp³-hybridized carbons (Fsp3) is 0.917. The van der Waals surface area contributed by atoms with Crippen molar-refractivity contribution < 1.29 is 9.53 Å². The molecule has 1 fully saturated rings. The van der Waals surface area contributed by atoms with E-state index in [4.69, 9.17) is 4.74 Å². The van der Waals surface area contributed by atoms with E-state index in [0.29, 0.717) is 13.2 Å². The SMILES string of the molecule is CCOC(=O)C(C)CNC(C)(C)C1CC1. The molecule has 1 saturated carbocycles. The van der Waals surface area contributed by atoms with Crippen molar-refractivity contribution in [3.63, 3.8) is 0 Å². The predicted octanol–water partition coefficient (Wildman–Crippen LogP) is 1.96. The van der Waals surface area contributed by atoms with Gasteiger partial charge in [-0.05, 0) is 39.5 Å². The largest absolute Gasteiger partial charge is 0.466 e. The van der Waals surface area contributed by atoms with Crippen LogP contribution < -0.4 is 5.32 Å². The second-order valence-electron chi connectivity index (χ2n) is 5.03. The summed E-state index contributed by atoms with van der Waals surface area (Å²) in [5, 5.41) is 3.46. The molecule has 0 heterocycles. The van der Waals surface area contributed by atoms with Gasteiger partial charge in [0.05, 0.1) is 12.5 Å². The van der Waals surface area contributed by atoms with Crippen LogP contribution in [0.2, 0.25) is 0 Å². The minimum Gasteiger partial charge on any atom is -0.466 e. The Labute approximate surface area is 92.6 Å². The standard InChI is InChI=1S/C12H23NO2/c1-5-15-11(14)9(2)8-13-12(3,4)10-6-7-10/h9-10,13H,5-8H2,1-4H3. The third kappa shape index (κ3) is 3.82. The topological polar surface area (TPSA) is 38.3 Å². The zero-order chi connectivity index (χ0) is 11.5. The molecule has 0 aromatic heterocycles. The molecule has 1 atom stereocenters. The smallest absolute Gasteiger partial charge is 0.309 e. The molecule has 0 radical (unpaired) electrons. The van der Waals surface area contributed by atoms with E-state index in [0.717, 1.165) is 5.92 Å². The van der Waals surface area contributed by atoms with Gasteiger partial charge in [-0.2, -0.15) is 0 Å². The van der Waals surface area contributed by atoms with Gasteiger partial charge >= 0.3 is 5.97 Å². The summed E-state index contributed by atoms with van der Waals surface area (Å²) in [5.41, 5.74) is 0.167. The summed E-state index contributed by atoms with van der Waals surface area (Å²) in [6.45, 7) is 9.35. The van der Waals surface area contributed by atoms with Crippen molar-refractivity contribution in [3.05, 3.63) is 0 Å². The lowest BCUT2D eigenvalue weighted by Gasteiger charge is -2.27. The zero-order valence-corrected chi connectivity index (χ0v) is 10.3. The Hall–Kier alpha value is -0.570. The van der Waals surface area contributed by atoms with Crippen LogP contribution in [0, 0.1) is 11.8 Å². The first-order valence-electron chi connectivity index (χ1n) is 5.89. The molecule has 1 N–H and O–H groups in total. The molecule has 1 unspecified atom stereocenters. The monoisotopic (exact) mass is 213 g/mol. The molecule has 0 aromatic rings. The van der Waals surface area contributed by atoms with Crippen LogP contribution in [0.4, 0.5) is 0 Å². The first-order valence-corrected chi connectivity index (χ1v) is 5.89. The zero-order valence-electron chi connectivity index (χ0n) is 10.3. The van der Waals surface area contributed by atoms with Crippen LogP contribution in [-0.4, -0.2) is 24.7 Å². The minimum atomic E-state index is -0.100. The molecule has 0 bridgehead atoms. The number of carbonyl (C=O) groups is 1. The van der Waals surface area contributed by atoms with E-state index >= 15 is 0 Å². The predicted molar refractivity (Wildman–Crippen MR) is 60.6 cm³/mol. The van der Waals surface area contributed by atoms with Crippen molar-refractivity contribution in [1.29, 1.82) is 0 Å². The molecule has 0 saturated heterocycles. The number of hydrogen-bond acceptors (Lipinski definition) is 3. The van der Waals surface area contributed by atoms with Crippen molar-refractivity contribution in [2.24, 2.45) is 11.8 Å². The molecule has 0 aromatic carbocycles. The van der Waals surface area contributed by atoms with Crippen LogP contribution in [0.25, 0.3) is 0 Å². The molecule has 0 aliphatic heterocycles. The molecule has 0 amide bonds. The summed E-state index contributed by atoms with van der Waals surface area (Å²) >= 11 is 0. The third-order valence-corrected chi connectivity index (χ3v) is 3.15. The fourth-order valence-electron chi connectivity index (χ4n) is 1.73. The number of nitrogens with one attached hydrogen (secondary N) is 1. The van der Waals surface area contributed by atoms with E-state index in [-0.39, 0.29) is 17.4 Å². The van der Waals surface area contributed by atoms with Gasteiger partial charge in [-0.15, -0.1) is 0 Å². The summed E-state index contributed by atoms with van der Waals surface area (Å²) in [4.78, 5) is 11.4. The van der Waals surface area contributed by atoms with E-state index in [1.54, 1.807) is 0 Å². The van der Waals surface area contributed by atoms with Gasteiger partial charge in [-0.1, -0.05) is 6.92 Å². The lowest BCUT2D eigenvalue weighted by molar-refractivity contribution is -0.147. The molecule has 88 valence electrons. The van der Waals surface area contributed by atoms with Crippen molar-refractivity contribution in [2.75, 3.05) is 13.2 Å². The first kappa shape index (κ1) is 12.5. The maximum Gasteiger partial charge on any atom is 0.309 e. The van der Waals surface area contributed by atoms with Gasteiger partial charge in [0, 0.05) is 12.1 Å². The summed E-state index contributed by atoms with van der Waals surface area (Å²) in [6.07, 6.45) is 2.63. The Morgan fingerprint density at radius 2 is 2.13 bits per heavy atom. The highest BCUT2D eigenvalue weighted by Gasteiger charge is 2.37. The summed E-state index contributed by atoms with van der Waals surface area (Å²) < 4.78 is 4.97. The summed E-state index contributed by atoms with van der Waals surface area (Å²) in [6, 6.07) is 0. The molecule has 15 heavy (non-hydrogen) atoms. The maximum atomic E-state index is 11.4. The van der Waals surface area contributed by atoms with Crippen LogP contribution in [-0.2, 0) is 9.53 Å².